The van der Waals surface area contributed by atoms with Gasteiger partial charge in [-0.1, -0.05) is 12.1 Å². The molecule has 2 aliphatic rings. The fourth-order valence-corrected chi connectivity index (χ4v) is 4.47. The number of hydrogen-bond acceptors (Lipinski definition) is 4. The van der Waals surface area contributed by atoms with Crippen LogP contribution in [0, 0.1) is 5.92 Å². The molecular weight excluding hydrogens is 338 g/mol. The molecule has 2 aromatic rings. The Labute approximate surface area is 161 Å². The minimum atomic E-state index is 0.0299. The van der Waals surface area contributed by atoms with Crippen LogP contribution < -0.4 is 10.6 Å². The molecule has 2 saturated heterocycles. The summed E-state index contributed by atoms with van der Waals surface area (Å²) in [4.78, 5) is 19.5. The molecule has 2 N–H and O–H groups in total. The molecule has 0 aliphatic carbocycles. The van der Waals surface area contributed by atoms with E-state index in [1.54, 1.807) is 0 Å². The van der Waals surface area contributed by atoms with E-state index in [2.05, 4.69) is 45.3 Å². The number of nitrogens with zero attached hydrogens (tertiary/aromatic N) is 3. The van der Waals surface area contributed by atoms with Crippen molar-refractivity contribution in [1.29, 1.82) is 0 Å². The average Bonchev–Trinajstić information content (AvgIpc) is 3.34. The van der Waals surface area contributed by atoms with Crippen molar-refractivity contribution in [3.63, 3.8) is 0 Å². The molecule has 146 valence electrons. The maximum atomic E-state index is 12.2. The van der Waals surface area contributed by atoms with Crippen LogP contribution in [0.3, 0.4) is 0 Å². The zero-order chi connectivity index (χ0) is 18.6. The summed E-state index contributed by atoms with van der Waals surface area (Å²) in [5, 5.41) is 6.45. The van der Waals surface area contributed by atoms with Crippen LogP contribution in [0.25, 0.3) is 11.0 Å². The van der Waals surface area contributed by atoms with Crippen molar-refractivity contribution in [2.24, 2.45) is 13.0 Å². The van der Waals surface area contributed by atoms with E-state index in [4.69, 9.17) is 4.98 Å². The first kappa shape index (κ1) is 18.4. The largest absolute Gasteiger partial charge is 0.354 e. The minimum Gasteiger partial charge on any atom is -0.354 e. The van der Waals surface area contributed by atoms with Crippen molar-refractivity contribution in [3.05, 3.63) is 30.1 Å². The van der Waals surface area contributed by atoms with Crippen LogP contribution in [0.2, 0.25) is 0 Å². The van der Waals surface area contributed by atoms with Crippen LogP contribution in [-0.2, 0) is 18.3 Å². The maximum Gasteiger partial charge on any atom is 0.237 e. The highest BCUT2D eigenvalue weighted by Gasteiger charge is 2.24. The SMILES string of the molecule is Cn1c(CCN2CCCC(CNC(=O)C3CCCN3)C2)nc2ccccc21. The smallest absolute Gasteiger partial charge is 0.237 e. The standard InChI is InChI=1S/C21H31N5O/c1-25-19-9-3-2-7-17(19)24-20(25)10-13-26-12-5-6-16(15-26)14-23-21(27)18-8-4-11-22-18/h2-3,7,9,16,18,22H,4-6,8,10-15H2,1H3,(H,23,27). The molecule has 1 amide bonds. The van der Waals surface area contributed by atoms with Crippen molar-refractivity contribution < 1.29 is 4.79 Å². The third-order valence-corrected chi connectivity index (χ3v) is 6.08. The number of fused-ring (bicyclic) bond motifs is 1. The Morgan fingerprint density at radius 3 is 3.00 bits per heavy atom. The number of aryl methyl sites for hydroxylation is 1. The van der Waals surface area contributed by atoms with Gasteiger partial charge in [0.2, 0.25) is 5.91 Å². The van der Waals surface area contributed by atoms with E-state index in [0.717, 1.165) is 63.3 Å². The predicted octanol–water partition coefficient (Wildman–Crippen LogP) is 1.70. The lowest BCUT2D eigenvalue weighted by molar-refractivity contribution is -0.123. The Bertz CT molecular complexity index is 780. The monoisotopic (exact) mass is 369 g/mol. The highest BCUT2D eigenvalue weighted by atomic mass is 16.2. The zero-order valence-corrected chi connectivity index (χ0v) is 16.3. The molecule has 1 aromatic carbocycles. The van der Waals surface area contributed by atoms with Gasteiger partial charge in [0.1, 0.15) is 5.82 Å². The van der Waals surface area contributed by atoms with E-state index in [1.807, 2.05) is 6.07 Å². The number of para-hydroxylation sites is 2. The van der Waals surface area contributed by atoms with Crippen LogP contribution in [0.5, 0.6) is 0 Å². The number of amides is 1. The first-order chi connectivity index (χ1) is 13.2. The van der Waals surface area contributed by atoms with Crippen molar-refractivity contribution >= 4 is 16.9 Å². The molecule has 0 saturated carbocycles. The molecule has 0 spiro atoms. The molecule has 27 heavy (non-hydrogen) atoms. The Hall–Kier alpha value is -1.92. The van der Waals surface area contributed by atoms with E-state index in [9.17, 15) is 4.79 Å². The molecule has 2 atom stereocenters. The zero-order valence-electron chi connectivity index (χ0n) is 16.3. The normalized spacial score (nSPS) is 23.7. The first-order valence-electron chi connectivity index (χ1n) is 10.3. The highest BCUT2D eigenvalue weighted by molar-refractivity contribution is 5.82. The van der Waals surface area contributed by atoms with Gasteiger partial charge in [0.25, 0.3) is 0 Å². The number of carbonyl (C=O) groups is 1. The van der Waals surface area contributed by atoms with Crippen LogP contribution in [-0.4, -0.2) is 59.1 Å². The second-order valence-corrected chi connectivity index (χ2v) is 8.03. The van der Waals surface area contributed by atoms with Gasteiger partial charge in [-0.2, -0.15) is 0 Å². The third-order valence-electron chi connectivity index (χ3n) is 6.08. The second-order valence-electron chi connectivity index (χ2n) is 8.03. The van der Waals surface area contributed by atoms with Gasteiger partial charge in [0.05, 0.1) is 17.1 Å². The topological polar surface area (TPSA) is 62.2 Å². The molecule has 2 aliphatic heterocycles. The quantitative estimate of drug-likeness (QED) is 0.814. The summed E-state index contributed by atoms with van der Waals surface area (Å²) in [6.07, 6.45) is 5.47. The second kappa shape index (κ2) is 8.40. The molecule has 0 bridgehead atoms. The van der Waals surface area contributed by atoms with Gasteiger partial charge in [-0.15, -0.1) is 0 Å². The Morgan fingerprint density at radius 1 is 1.30 bits per heavy atom. The molecule has 2 unspecified atom stereocenters. The Morgan fingerprint density at radius 2 is 2.19 bits per heavy atom. The first-order valence-corrected chi connectivity index (χ1v) is 10.3. The number of aromatic nitrogens is 2. The van der Waals surface area contributed by atoms with Crippen LogP contribution in [0.15, 0.2) is 24.3 Å². The highest BCUT2D eigenvalue weighted by Crippen LogP contribution is 2.18. The minimum absolute atomic E-state index is 0.0299. The van der Waals surface area contributed by atoms with Gasteiger partial charge in [-0.25, -0.2) is 4.98 Å². The van der Waals surface area contributed by atoms with Gasteiger partial charge in [-0.05, 0) is 56.8 Å². The van der Waals surface area contributed by atoms with E-state index >= 15 is 0 Å². The van der Waals surface area contributed by atoms with Crippen LogP contribution in [0.1, 0.15) is 31.5 Å². The van der Waals surface area contributed by atoms with E-state index in [-0.39, 0.29) is 11.9 Å². The van der Waals surface area contributed by atoms with Gasteiger partial charge in [0, 0.05) is 33.1 Å². The molecule has 1 aromatic heterocycles. The van der Waals surface area contributed by atoms with Crippen molar-refractivity contribution in [2.45, 2.75) is 38.1 Å². The van der Waals surface area contributed by atoms with Gasteiger partial charge in [0.15, 0.2) is 0 Å². The Balaban J connectivity index is 1.26. The number of benzene rings is 1. The van der Waals surface area contributed by atoms with Gasteiger partial charge >= 0.3 is 0 Å². The summed E-state index contributed by atoms with van der Waals surface area (Å²) in [6.45, 7) is 5.03. The van der Waals surface area contributed by atoms with Crippen molar-refractivity contribution in [2.75, 3.05) is 32.7 Å². The van der Waals surface area contributed by atoms with Gasteiger partial charge < -0.3 is 20.1 Å². The molecule has 2 fully saturated rings. The number of piperidine rings is 1. The van der Waals surface area contributed by atoms with Crippen molar-refractivity contribution in [1.82, 2.24) is 25.1 Å². The third kappa shape index (κ3) is 4.33. The van der Waals surface area contributed by atoms with Crippen LogP contribution >= 0.6 is 0 Å². The maximum absolute atomic E-state index is 12.2. The lowest BCUT2D eigenvalue weighted by Gasteiger charge is -2.33. The lowest BCUT2D eigenvalue weighted by Crippen LogP contribution is -2.45. The summed E-state index contributed by atoms with van der Waals surface area (Å²) in [7, 11) is 2.11. The molecular formula is C21H31N5O. The van der Waals surface area contributed by atoms with E-state index in [1.165, 1.54) is 18.4 Å². The van der Waals surface area contributed by atoms with Crippen LogP contribution in [0.4, 0.5) is 0 Å². The molecule has 3 heterocycles. The van der Waals surface area contributed by atoms with Gasteiger partial charge in [-0.3, -0.25) is 4.79 Å². The molecule has 0 radical (unpaired) electrons. The molecule has 4 rings (SSSR count). The average molecular weight is 370 g/mol. The summed E-state index contributed by atoms with van der Waals surface area (Å²) < 4.78 is 2.21. The number of rotatable bonds is 6. The van der Waals surface area contributed by atoms with Crippen molar-refractivity contribution in [3.8, 4) is 0 Å². The van der Waals surface area contributed by atoms with E-state index < -0.39 is 0 Å². The summed E-state index contributed by atoms with van der Waals surface area (Å²) >= 11 is 0. The fourth-order valence-electron chi connectivity index (χ4n) is 4.47. The molecule has 6 heteroatoms. The lowest BCUT2D eigenvalue weighted by atomic mass is 9.97. The summed E-state index contributed by atoms with van der Waals surface area (Å²) in [5.74, 6) is 1.90. The number of hydrogen-bond donors (Lipinski definition) is 2. The number of nitrogens with one attached hydrogen (secondary N) is 2. The van der Waals surface area contributed by atoms with E-state index in [0.29, 0.717) is 5.92 Å². The number of carbonyl (C=O) groups excluding carboxylic acids is 1. The Kier molecular flexibility index (Phi) is 5.74. The predicted molar refractivity (Wildman–Crippen MR) is 108 cm³/mol. The summed E-state index contributed by atoms with van der Waals surface area (Å²) in [6, 6.07) is 8.35. The molecule has 6 nitrogen and oxygen atoms in total. The number of imidazole rings is 1. The number of likely N-dealkylation sites (tertiary alicyclic amines) is 1. The fraction of sp³-hybridized carbons (Fsp3) is 0.619. The summed E-state index contributed by atoms with van der Waals surface area (Å²) in [5.41, 5.74) is 2.28.